The van der Waals surface area contributed by atoms with Crippen LogP contribution in [-0.4, -0.2) is 26.0 Å². The van der Waals surface area contributed by atoms with Gasteiger partial charge in [-0.05, 0) is 44.0 Å². The van der Waals surface area contributed by atoms with Crippen LogP contribution in [-0.2, 0) is 9.59 Å². The van der Waals surface area contributed by atoms with Gasteiger partial charge >= 0.3 is 0 Å². The van der Waals surface area contributed by atoms with Crippen molar-refractivity contribution in [1.29, 1.82) is 0 Å². The monoisotopic (exact) mass is 368 g/mol. The SMILES string of the molecule is COc1ccc(OC)c(NC(=O)C2CC2C(=O)Nc2ccc(C)cc2C)c1. The maximum atomic E-state index is 12.5. The molecule has 3 rings (SSSR count). The smallest absolute Gasteiger partial charge is 0.228 e. The Balaban J connectivity index is 1.62. The summed E-state index contributed by atoms with van der Waals surface area (Å²) in [4.78, 5) is 25.0. The van der Waals surface area contributed by atoms with Crippen LogP contribution in [0.4, 0.5) is 11.4 Å². The molecule has 0 heterocycles. The number of hydrogen-bond donors (Lipinski definition) is 2. The van der Waals surface area contributed by atoms with Crippen molar-refractivity contribution in [2.45, 2.75) is 20.3 Å². The third-order valence-electron chi connectivity index (χ3n) is 4.77. The van der Waals surface area contributed by atoms with Crippen LogP contribution >= 0.6 is 0 Å². The number of benzene rings is 2. The van der Waals surface area contributed by atoms with Crippen molar-refractivity contribution >= 4 is 23.2 Å². The Kier molecular flexibility index (Phi) is 5.35. The summed E-state index contributed by atoms with van der Waals surface area (Å²) in [6.07, 6.45) is 0.537. The minimum atomic E-state index is -0.341. The average Bonchev–Trinajstić information content (AvgIpc) is 3.45. The van der Waals surface area contributed by atoms with E-state index in [4.69, 9.17) is 9.47 Å². The molecular formula is C21H24N2O4. The van der Waals surface area contributed by atoms with E-state index in [2.05, 4.69) is 10.6 Å². The maximum absolute atomic E-state index is 12.5. The molecule has 0 aromatic heterocycles. The number of hydrogen-bond acceptors (Lipinski definition) is 4. The van der Waals surface area contributed by atoms with E-state index in [0.29, 0.717) is 23.6 Å². The molecule has 1 aliphatic carbocycles. The first kappa shape index (κ1) is 18.8. The van der Waals surface area contributed by atoms with Crippen LogP contribution in [0.25, 0.3) is 0 Å². The standard InChI is InChI=1S/C21H24N2O4/c1-12-5-7-17(13(2)9-12)22-20(24)15-11-16(15)21(25)23-18-10-14(26-3)6-8-19(18)27-4/h5-10,15-16H,11H2,1-4H3,(H,22,24)(H,23,25). The summed E-state index contributed by atoms with van der Waals surface area (Å²) < 4.78 is 10.5. The van der Waals surface area contributed by atoms with E-state index in [0.717, 1.165) is 16.8 Å². The lowest BCUT2D eigenvalue weighted by molar-refractivity contribution is -0.122. The van der Waals surface area contributed by atoms with Crippen LogP contribution in [0.2, 0.25) is 0 Å². The van der Waals surface area contributed by atoms with E-state index in [1.807, 2.05) is 32.0 Å². The molecule has 0 radical (unpaired) electrons. The van der Waals surface area contributed by atoms with E-state index in [-0.39, 0.29) is 23.7 Å². The molecule has 2 unspecified atom stereocenters. The van der Waals surface area contributed by atoms with Crippen LogP contribution in [0, 0.1) is 25.7 Å². The summed E-state index contributed by atoms with van der Waals surface area (Å²) in [5, 5.41) is 5.77. The van der Waals surface area contributed by atoms with Gasteiger partial charge in [0.15, 0.2) is 0 Å². The highest BCUT2D eigenvalue weighted by Gasteiger charge is 2.48. The lowest BCUT2D eigenvalue weighted by Crippen LogP contribution is -2.21. The molecule has 27 heavy (non-hydrogen) atoms. The van der Waals surface area contributed by atoms with Gasteiger partial charge in [-0.25, -0.2) is 0 Å². The molecule has 6 heteroatoms. The second-order valence-corrected chi connectivity index (χ2v) is 6.81. The summed E-state index contributed by atoms with van der Waals surface area (Å²) in [6, 6.07) is 11.0. The predicted octanol–water partition coefficient (Wildman–Crippen LogP) is 3.53. The van der Waals surface area contributed by atoms with E-state index in [1.165, 1.54) is 7.11 Å². The van der Waals surface area contributed by atoms with Crippen molar-refractivity contribution in [2.75, 3.05) is 24.9 Å². The Morgan fingerprint density at radius 2 is 1.56 bits per heavy atom. The molecule has 1 saturated carbocycles. The molecule has 2 amide bonds. The molecule has 1 fully saturated rings. The Bertz CT molecular complexity index is 878. The van der Waals surface area contributed by atoms with Gasteiger partial charge in [-0.15, -0.1) is 0 Å². The third-order valence-corrected chi connectivity index (χ3v) is 4.77. The Morgan fingerprint density at radius 3 is 2.15 bits per heavy atom. The van der Waals surface area contributed by atoms with Crippen molar-refractivity contribution in [3.63, 3.8) is 0 Å². The number of anilines is 2. The van der Waals surface area contributed by atoms with Crippen molar-refractivity contribution in [2.24, 2.45) is 11.8 Å². The molecule has 0 aliphatic heterocycles. The molecule has 142 valence electrons. The highest BCUT2D eigenvalue weighted by Crippen LogP contribution is 2.41. The van der Waals surface area contributed by atoms with E-state index in [1.54, 1.807) is 25.3 Å². The summed E-state index contributed by atoms with van der Waals surface area (Å²) in [6.45, 7) is 3.96. The number of carbonyl (C=O) groups excluding carboxylic acids is 2. The normalized spacial score (nSPS) is 17.8. The highest BCUT2D eigenvalue weighted by molar-refractivity contribution is 6.04. The molecule has 0 bridgehead atoms. The number of ether oxygens (including phenoxy) is 2. The fourth-order valence-electron chi connectivity index (χ4n) is 3.09. The average molecular weight is 368 g/mol. The van der Waals surface area contributed by atoms with Gasteiger partial charge in [-0.1, -0.05) is 17.7 Å². The zero-order chi connectivity index (χ0) is 19.6. The van der Waals surface area contributed by atoms with E-state index in [9.17, 15) is 9.59 Å². The second-order valence-electron chi connectivity index (χ2n) is 6.81. The number of rotatable bonds is 6. The Labute approximate surface area is 158 Å². The number of aryl methyl sites for hydroxylation is 2. The van der Waals surface area contributed by atoms with Crippen molar-refractivity contribution in [3.05, 3.63) is 47.5 Å². The zero-order valence-electron chi connectivity index (χ0n) is 16.0. The van der Waals surface area contributed by atoms with Gasteiger partial charge in [0.2, 0.25) is 11.8 Å². The van der Waals surface area contributed by atoms with Crippen LogP contribution in [0.1, 0.15) is 17.5 Å². The fraction of sp³-hybridized carbons (Fsp3) is 0.333. The van der Waals surface area contributed by atoms with Crippen molar-refractivity contribution < 1.29 is 19.1 Å². The number of carbonyl (C=O) groups is 2. The minimum absolute atomic E-state index is 0.125. The van der Waals surface area contributed by atoms with Gasteiger partial charge in [-0.3, -0.25) is 9.59 Å². The zero-order valence-corrected chi connectivity index (χ0v) is 16.0. The van der Waals surface area contributed by atoms with Gasteiger partial charge in [-0.2, -0.15) is 0 Å². The Morgan fingerprint density at radius 1 is 0.889 bits per heavy atom. The molecular weight excluding hydrogens is 344 g/mol. The molecule has 1 aliphatic rings. The van der Waals surface area contributed by atoms with Crippen LogP contribution in [0.15, 0.2) is 36.4 Å². The molecule has 0 saturated heterocycles. The summed E-state index contributed by atoms with van der Waals surface area (Å²) in [7, 11) is 3.09. The predicted molar refractivity (Wildman–Crippen MR) is 104 cm³/mol. The minimum Gasteiger partial charge on any atom is -0.497 e. The van der Waals surface area contributed by atoms with Crippen molar-refractivity contribution in [1.82, 2.24) is 0 Å². The van der Waals surface area contributed by atoms with Gasteiger partial charge in [0, 0.05) is 11.8 Å². The largest absolute Gasteiger partial charge is 0.497 e. The number of nitrogens with one attached hydrogen (secondary N) is 2. The second kappa shape index (κ2) is 7.70. The first-order valence-electron chi connectivity index (χ1n) is 8.84. The van der Waals surface area contributed by atoms with Crippen LogP contribution in [0.5, 0.6) is 11.5 Å². The Hall–Kier alpha value is -3.02. The van der Waals surface area contributed by atoms with Crippen LogP contribution in [0.3, 0.4) is 0 Å². The van der Waals surface area contributed by atoms with Crippen molar-refractivity contribution in [3.8, 4) is 11.5 Å². The highest BCUT2D eigenvalue weighted by atomic mass is 16.5. The first-order valence-corrected chi connectivity index (χ1v) is 8.84. The quantitative estimate of drug-likeness (QED) is 0.818. The first-order chi connectivity index (χ1) is 12.9. The topological polar surface area (TPSA) is 76.7 Å². The van der Waals surface area contributed by atoms with E-state index >= 15 is 0 Å². The van der Waals surface area contributed by atoms with Gasteiger partial charge in [0.05, 0.1) is 31.7 Å². The lowest BCUT2D eigenvalue weighted by Gasteiger charge is -2.12. The maximum Gasteiger partial charge on any atom is 0.228 e. The summed E-state index contributed by atoms with van der Waals surface area (Å²) in [5.74, 6) is 0.183. The van der Waals surface area contributed by atoms with Gasteiger partial charge < -0.3 is 20.1 Å². The fourth-order valence-corrected chi connectivity index (χ4v) is 3.09. The molecule has 0 spiro atoms. The molecule has 6 nitrogen and oxygen atoms in total. The van der Waals surface area contributed by atoms with Crippen LogP contribution < -0.4 is 20.1 Å². The van der Waals surface area contributed by atoms with Gasteiger partial charge in [0.1, 0.15) is 11.5 Å². The molecule has 2 N–H and O–H groups in total. The third kappa shape index (κ3) is 4.22. The van der Waals surface area contributed by atoms with E-state index < -0.39 is 0 Å². The molecule has 2 atom stereocenters. The van der Waals surface area contributed by atoms with Gasteiger partial charge in [0.25, 0.3) is 0 Å². The molecule has 2 aromatic rings. The lowest BCUT2D eigenvalue weighted by atomic mass is 10.1. The molecule has 2 aromatic carbocycles. The number of amides is 2. The summed E-state index contributed by atoms with van der Waals surface area (Å²) in [5.41, 5.74) is 3.46. The summed E-state index contributed by atoms with van der Waals surface area (Å²) >= 11 is 0. The number of methoxy groups -OCH3 is 2.